The molecule has 112 valence electrons. The van der Waals surface area contributed by atoms with Crippen molar-refractivity contribution in [3.8, 4) is 0 Å². The quantitative estimate of drug-likeness (QED) is 0.839. The molecule has 1 rings (SSSR count). The van der Waals surface area contributed by atoms with Crippen molar-refractivity contribution in [2.45, 2.75) is 59.5 Å². The molecule has 0 fully saturated rings. The van der Waals surface area contributed by atoms with Gasteiger partial charge in [0.05, 0.1) is 0 Å². The summed E-state index contributed by atoms with van der Waals surface area (Å²) in [6.45, 7) is 9.12. The molecular formula is C17H28N2O. The Hall–Kier alpha value is -1.35. The number of hydrogen-bond acceptors (Lipinski definition) is 2. The van der Waals surface area contributed by atoms with Crippen LogP contribution in [-0.4, -0.2) is 11.9 Å². The molecular weight excluding hydrogens is 248 g/mol. The van der Waals surface area contributed by atoms with Crippen molar-refractivity contribution in [1.29, 1.82) is 0 Å². The lowest BCUT2D eigenvalue weighted by Crippen LogP contribution is -2.33. The van der Waals surface area contributed by atoms with Crippen LogP contribution >= 0.6 is 0 Å². The predicted molar refractivity (Wildman–Crippen MR) is 84.3 cm³/mol. The fraction of sp³-hybridized carbons (Fsp3) is 0.588. The normalized spacial score (nSPS) is 13.1. The smallest absolute Gasteiger partial charge is 0.221 e. The summed E-state index contributed by atoms with van der Waals surface area (Å²) < 4.78 is 0. The van der Waals surface area contributed by atoms with Crippen LogP contribution in [0.3, 0.4) is 0 Å². The summed E-state index contributed by atoms with van der Waals surface area (Å²) in [4.78, 5) is 11.8. The maximum atomic E-state index is 11.8. The Morgan fingerprint density at radius 1 is 1.20 bits per heavy atom. The van der Waals surface area contributed by atoms with Crippen molar-refractivity contribution >= 4 is 5.91 Å². The van der Waals surface area contributed by atoms with Gasteiger partial charge in [-0.25, -0.2) is 0 Å². The minimum Gasteiger partial charge on any atom is -0.352 e. The van der Waals surface area contributed by atoms with Crippen LogP contribution in [0.5, 0.6) is 0 Å². The van der Waals surface area contributed by atoms with E-state index in [1.807, 2.05) is 0 Å². The first-order valence-corrected chi connectivity index (χ1v) is 7.40. The minimum absolute atomic E-state index is 0.0290. The summed E-state index contributed by atoms with van der Waals surface area (Å²) in [6.07, 6.45) is 2.28. The first-order valence-electron chi connectivity index (χ1n) is 7.40. The maximum absolute atomic E-state index is 11.8. The van der Waals surface area contributed by atoms with Crippen molar-refractivity contribution < 1.29 is 4.79 Å². The minimum atomic E-state index is -0.0718. The topological polar surface area (TPSA) is 55.1 Å². The summed E-state index contributed by atoms with van der Waals surface area (Å²) in [5.41, 5.74) is 8.61. The third kappa shape index (κ3) is 6.71. The Balaban J connectivity index is 2.35. The molecule has 0 bridgehead atoms. The number of nitrogens with two attached hydrogens (primary N) is 1. The van der Waals surface area contributed by atoms with Gasteiger partial charge in [-0.05, 0) is 29.4 Å². The van der Waals surface area contributed by atoms with Crippen LogP contribution in [-0.2, 0) is 17.8 Å². The van der Waals surface area contributed by atoms with Gasteiger partial charge < -0.3 is 11.1 Å². The SMILES string of the molecule is CCc1ccc(CNC(=O)CC(N)CC(C)(C)C)cc1. The van der Waals surface area contributed by atoms with E-state index in [9.17, 15) is 4.79 Å². The molecule has 0 spiro atoms. The van der Waals surface area contributed by atoms with Crippen molar-refractivity contribution in [2.24, 2.45) is 11.1 Å². The summed E-state index contributed by atoms with van der Waals surface area (Å²) in [6, 6.07) is 8.26. The van der Waals surface area contributed by atoms with E-state index in [4.69, 9.17) is 5.73 Å². The molecule has 0 aliphatic rings. The summed E-state index contributed by atoms with van der Waals surface area (Å²) in [5, 5.41) is 2.93. The molecule has 0 heterocycles. The lowest BCUT2D eigenvalue weighted by molar-refractivity contribution is -0.121. The average molecular weight is 276 g/mol. The molecule has 0 radical (unpaired) electrons. The largest absolute Gasteiger partial charge is 0.352 e. The molecule has 3 N–H and O–H groups in total. The molecule has 0 saturated heterocycles. The van der Waals surface area contributed by atoms with Crippen LogP contribution in [0.1, 0.15) is 51.7 Å². The van der Waals surface area contributed by atoms with E-state index in [1.54, 1.807) is 0 Å². The highest BCUT2D eigenvalue weighted by molar-refractivity contribution is 5.76. The highest BCUT2D eigenvalue weighted by atomic mass is 16.1. The molecule has 0 aromatic heterocycles. The molecule has 0 aliphatic heterocycles. The van der Waals surface area contributed by atoms with Gasteiger partial charge in [-0.3, -0.25) is 4.79 Å². The molecule has 1 aromatic rings. The van der Waals surface area contributed by atoms with Crippen LogP contribution in [0.25, 0.3) is 0 Å². The number of nitrogens with one attached hydrogen (secondary N) is 1. The van der Waals surface area contributed by atoms with Crippen molar-refractivity contribution in [2.75, 3.05) is 0 Å². The van der Waals surface area contributed by atoms with Crippen LogP contribution in [0, 0.1) is 5.41 Å². The second kappa shape index (κ2) is 7.44. The number of benzene rings is 1. The van der Waals surface area contributed by atoms with E-state index in [0.29, 0.717) is 13.0 Å². The molecule has 1 unspecified atom stereocenters. The second-order valence-electron chi connectivity index (χ2n) is 6.68. The van der Waals surface area contributed by atoms with E-state index in [-0.39, 0.29) is 17.4 Å². The summed E-state index contributed by atoms with van der Waals surface area (Å²) in [7, 11) is 0. The van der Waals surface area contributed by atoms with Gasteiger partial charge in [0.15, 0.2) is 0 Å². The van der Waals surface area contributed by atoms with Crippen molar-refractivity contribution in [3.63, 3.8) is 0 Å². The Morgan fingerprint density at radius 3 is 2.25 bits per heavy atom. The van der Waals surface area contributed by atoms with E-state index in [1.165, 1.54) is 5.56 Å². The lowest BCUT2D eigenvalue weighted by Gasteiger charge is -2.22. The van der Waals surface area contributed by atoms with E-state index >= 15 is 0 Å². The zero-order valence-corrected chi connectivity index (χ0v) is 13.2. The van der Waals surface area contributed by atoms with Gasteiger partial charge >= 0.3 is 0 Å². The molecule has 1 amide bonds. The first-order chi connectivity index (χ1) is 9.30. The second-order valence-corrected chi connectivity index (χ2v) is 6.68. The van der Waals surface area contributed by atoms with E-state index in [0.717, 1.165) is 18.4 Å². The zero-order valence-electron chi connectivity index (χ0n) is 13.2. The molecule has 0 aliphatic carbocycles. The Labute approximate surface area is 122 Å². The molecule has 20 heavy (non-hydrogen) atoms. The Bertz CT molecular complexity index is 418. The maximum Gasteiger partial charge on any atom is 0.221 e. The molecule has 3 nitrogen and oxygen atoms in total. The number of carbonyl (C=O) groups is 1. The highest BCUT2D eigenvalue weighted by Crippen LogP contribution is 2.20. The fourth-order valence-electron chi connectivity index (χ4n) is 2.26. The van der Waals surface area contributed by atoms with Gasteiger partial charge in [-0.2, -0.15) is 0 Å². The zero-order chi connectivity index (χ0) is 15.2. The Kier molecular flexibility index (Phi) is 6.21. The molecule has 0 saturated carbocycles. The van der Waals surface area contributed by atoms with Gasteiger partial charge in [0.25, 0.3) is 0 Å². The average Bonchev–Trinajstić information content (AvgIpc) is 2.34. The number of hydrogen-bond donors (Lipinski definition) is 2. The van der Waals surface area contributed by atoms with Gasteiger partial charge in [0, 0.05) is 19.0 Å². The molecule has 1 atom stereocenters. The standard InChI is InChI=1S/C17H28N2O/c1-5-13-6-8-14(9-7-13)12-19-16(20)10-15(18)11-17(2,3)4/h6-9,15H,5,10-12,18H2,1-4H3,(H,19,20). The lowest BCUT2D eigenvalue weighted by atomic mass is 9.87. The first kappa shape index (κ1) is 16.7. The van der Waals surface area contributed by atoms with Crippen molar-refractivity contribution in [1.82, 2.24) is 5.32 Å². The monoisotopic (exact) mass is 276 g/mol. The van der Waals surface area contributed by atoms with E-state index in [2.05, 4.69) is 57.3 Å². The Morgan fingerprint density at radius 2 is 1.75 bits per heavy atom. The number of rotatable bonds is 6. The van der Waals surface area contributed by atoms with Crippen LogP contribution in [0.4, 0.5) is 0 Å². The van der Waals surface area contributed by atoms with Gasteiger partial charge in [0.2, 0.25) is 5.91 Å². The predicted octanol–water partition coefficient (Wildman–Crippen LogP) is 3.02. The number of amides is 1. The molecule has 1 aromatic carbocycles. The van der Waals surface area contributed by atoms with Crippen LogP contribution in [0.2, 0.25) is 0 Å². The van der Waals surface area contributed by atoms with Crippen LogP contribution in [0.15, 0.2) is 24.3 Å². The summed E-state index contributed by atoms with van der Waals surface area (Å²) in [5.74, 6) is 0.0290. The number of carbonyl (C=O) groups excluding carboxylic acids is 1. The highest BCUT2D eigenvalue weighted by Gasteiger charge is 2.17. The number of aryl methyl sites for hydroxylation is 1. The van der Waals surface area contributed by atoms with Crippen LogP contribution < -0.4 is 11.1 Å². The van der Waals surface area contributed by atoms with Gasteiger partial charge in [0.1, 0.15) is 0 Å². The van der Waals surface area contributed by atoms with Crippen molar-refractivity contribution in [3.05, 3.63) is 35.4 Å². The molecule has 3 heteroatoms. The third-order valence-corrected chi connectivity index (χ3v) is 3.24. The third-order valence-electron chi connectivity index (χ3n) is 3.24. The summed E-state index contributed by atoms with van der Waals surface area (Å²) >= 11 is 0. The van der Waals surface area contributed by atoms with E-state index < -0.39 is 0 Å². The van der Waals surface area contributed by atoms with Gasteiger partial charge in [-0.1, -0.05) is 52.0 Å². The fourth-order valence-corrected chi connectivity index (χ4v) is 2.26. The van der Waals surface area contributed by atoms with Gasteiger partial charge in [-0.15, -0.1) is 0 Å².